The Bertz CT molecular complexity index is 483. The van der Waals surface area contributed by atoms with Crippen molar-refractivity contribution in [1.29, 1.82) is 0 Å². The van der Waals surface area contributed by atoms with Crippen LogP contribution in [0.5, 0.6) is 0 Å². The summed E-state index contributed by atoms with van der Waals surface area (Å²) in [5.74, 6) is 0.0876. The highest BCUT2D eigenvalue weighted by atomic mass is 16.2. The van der Waals surface area contributed by atoms with Gasteiger partial charge in [0.25, 0.3) is 0 Å². The van der Waals surface area contributed by atoms with Gasteiger partial charge < -0.3 is 10.6 Å². The van der Waals surface area contributed by atoms with E-state index in [-0.39, 0.29) is 11.3 Å². The van der Waals surface area contributed by atoms with Crippen molar-refractivity contribution in [3.05, 3.63) is 35.4 Å². The Hall–Kier alpha value is -1.35. The molecule has 3 heteroatoms. The first-order valence-corrected chi connectivity index (χ1v) is 7.96. The van der Waals surface area contributed by atoms with Crippen molar-refractivity contribution in [2.45, 2.75) is 65.6 Å². The fraction of sp³-hybridized carbons (Fsp3) is 0.611. The highest BCUT2D eigenvalue weighted by Gasteiger charge is 2.38. The number of aryl methyl sites for hydroxylation is 1. The summed E-state index contributed by atoms with van der Waals surface area (Å²) >= 11 is 0. The Morgan fingerprint density at radius 3 is 2.19 bits per heavy atom. The van der Waals surface area contributed by atoms with Gasteiger partial charge in [-0.25, -0.2) is 0 Å². The molecule has 0 saturated heterocycles. The lowest BCUT2D eigenvalue weighted by molar-refractivity contribution is -0.136. The molecule has 3 nitrogen and oxygen atoms in total. The molecule has 1 aromatic carbocycles. The SMILES string of the molecule is CCc1ccc(CN(C(=O)[C@@H](N)C(C)(C)C)C2CC2)cc1. The number of carbonyl (C=O) groups is 1. The zero-order valence-electron chi connectivity index (χ0n) is 13.7. The zero-order valence-corrected chi connectivity index (χ0v) is 13.7. The minimum atomic E-state index is -0.437. The van der Waals surface area contributed by atoms with Crippen LogP contribution in [0, 0.1) is 5.41 Å². The maximum atomic E-state index is 12.7. The second kappa shape index (κ2) is 6.18. The van der Waals surface area contributed by atoms with Gasteiger partial charge >= 0.3 is 0 Å². The molecule has 0 unspecified atom stereocenters. The Morgan fingerprint density at radius 1 is 1.24 bits per heavy atom. The third-order valence-corrected chi connectivity index (χ3v) is 4.25. The van der Waals surface area contributed by atoms with Gasteiger partial charge in [0.15, 0.2) is 0 Å². The van der Waals surface area contributed by atoms with Crippen molar-refractivity contribution >= 4 is 5.91 Å². The van der Waals surface area contributed by atoms with E-state index in [2.05, 4.69) is 31.2 Å². The molecule has 0 radical (unpaired) electrons. The summed E-state index contributed by atoms with van der Waals surface area (Å²) in [6.07, 6.45) is 3.26. The number of hydrogen-bond donors (Lipinski definition) is 1. The molecule has 1 atom stereocenters. The van der Waals surface area contributed by atoms with E-state index in [1.54, 1.807) is 0 Å². The minimum Gasteiger partial charge on any atom is -0.334 e. The lowest BCUT2D eigenvalue weighted by atomic mass is 9.86. The molecule has 1 aliphatic carbocycles. The van der Waals surface area contributed by atoms with Gasteiger partial charge in [-0.05, 0) is 35.8 Å². The fourth-order valence-electron chi connectivity index (χ4n) is 2.40. The van der Waals surface area contributed by atoms with Crippen LogP contribution in [-0.2, 0) is 17.8 Å². The van der Waals surface area contributed by atoms with Crippen LogP contribution in [0.1, 0.15) is 51.7 Å². The van der Waals surface area contributed by atoms with E-state index in [4.69, 9.17) is 5.73 Å². The van der Waals surface area contributed by atoms with Crippen LogP contribution in [0.3, 0.4) is 0 Å². The Morgan fingerprint density at radius 2 is 1.76 bits per heavy atom. The lowest BCUT2D eigenvalue weighted by Gasteiger charge is -2.32. The van der Waals surface area contributed by atoms with Crippen molar-refractivity contribution in [2.75, 3.05) is 0 Å². The van der Waals surface area contributed by atoms with Gasteiger partial charge in [-0.1, -0.05) is 52.0 Å². The first-order valence-electron chi connectivity index (χ1n) is 7.96. The van der Waals surface area contributed by atoms with Crippen LogP contribution in [0.15, 0.2) is 24.3 Å². The van der Waals surface area contributed by atoms with E-state index in [1.165, 1.54) is 11.1 Å². The normalized spacial score (nSPS) is 16.6. The van der Waals surface area contributed by atoms with Crippen LogP contribution < -0.4 is 5.73 Å². The first kappa shape index (κ1) is 16.0. The van der Waals surface area contributed by atoms with Gasteiger partial charge in [-0.3, -0.25) is 4.79 Å². The molecule has 0 aliphatic heterocycles. The van der Waals surface area contributed by atoms with Gasteiger partial charge in [-0.15, -0.1) is 0 Å². The van der Waals surface area contributed by atoms with E-state index in [0.29, 0.717) is 12.6 Å². The summed E-state index contributed by atoms with van der Waals surface area (Å²) in [7, 11) is 0. The average molecular weight is 288 g/mol. The summed E-state index contributed by atoms with van der Waals surface area (Å²) < 4.78 is 0. The highest BCUT2D eigenvalue weighted by Crippen LogP contribution is 2.31. The molecule has 1 aliphatic rings. The molecule has 0 aromatic heterocycles. The maximum absolute atomic E-state index is 12.7. The smallest absolute Gasteiger partial charge is 0.240 e. The summed E-state index contributed by atoms with van der Waals surface area (Å²) in [6.45, 7) is 8.90. The van der Waals surface area contributed by atoms with Crippen molar-refractivity contribution in [3.63, 3.8) is 0 Å². The summed E-state index contributed by atoms with van der Waals surface area (Å²) in [5.41, 5.74) is 8.49. The topological polar surface area (TPSA) is 46.3 Å². The lowest BCUT2D eigenvalue weighted by Crippen LogP contribution is -2.50. The van der Waals surface area contributed by atoms with Crippen LogP contribution in [-0.4, -0.2) is 22.9 Å². The number of nitrogens with two attached hydrogens (primary N) is 1. The van der Waals surface area contributed by atoms with Crippen molar-refractivity contribution in [2.24, 2.45) is 11.1 Å². The Kier molecular flexibility index (Phi) is 4.72. The molecule has 0 heterocycles. The van der Waals surface area contributed by atoms with Crippen LogP contribution in [0.4, 0.5) is 0 Å². The molecule has 116 valence electrons. The molecule has 2 rings (SSSR count). The van der Waals surface area contributed by atoms with Crippen molar-refractivity contribution in [1.82, 2.24) is 4.90 Å². The number of nitrogens with zero attached hydrogens (tertiary/aromatic N) is 1. The molecular weight excluding hydrogens is 260 g/mol. The maximum Gasteiger partial charge on any atom is 0.240 e. The third kappa shape index (κ3) is 4.07. The third-order valence-electron chi connectivity index (χ3n) is 4.25. The highest BCUT2D eigenvalue weighted by molar-refractivity contribution is 5.83. The van der Waals surface area contributed by atoms with Crippen LogP contribution >= 0.6 is 0 Å². The molecule has 0 bridgehead atoms. The second-order valence-electron chi connectivity index (χ2n) is 7.21. The molecule has 2 N–H and O–H groups in total. The number of carbonyl (C=O) groups excluding carboxylic acids is 1. The quantitative estimate of drug-likeness (QED) is 0.905. The van der Waals surface area contributed by atoms with E-state index in [9.17, 15) is 4.79 Å². The first-order chi connectivity index (χ1) is 9.82. The number of benzene rings is 1. The fourth-order valence-corrected chi connectivity index (χ4v) is 2.40. The predicted octanol–water partition coefficient (Wildman–Crippen LogP) is 3.11. The number of amides is 1. The van der Waals surface area contributed by atoms with Crippen molar-refractivity contribution < 1.29 is 4.79 Å². The summed E-state index contributed by atoms with van der Waals surface area (Å²) in [4.78, 5) is 14.7. The van der Waals surface area contributed by atoms with Gasteiger partial charge in [-0.2, -0.15) is 0 Å². The average Bonchev–Trinajstić information content (AvgIpc) is 3.27. The van der Waals surface area contributed by atoms with E-state index < -0.39 is 6.04 Å². The van der Waals surface area contributed by atoms with Gasteiger partial charge in [0.2, 0.25) is 5.91 Å². The molecule has 21 heavy (non-hydrogen) atoms. The van der Waals surface area contributed by atoms with Crippen LogP contribution in [0.25, 0.3) is 0 Å². The minimum absolute atomic E-state index is 0.0876. The Balaban J connectivity index is 2.10. The van der Waals surface area contributed by atoms with Crippen molar-refractivity contribution in [3.8, 4) is 0 Å². The van der Waals surface area contributed by atoms with Gasteiger partial charge in [0.1, 0.15) is 0 Å². The Labute approximate surface area is 128 Å². The standard InChI is InChI=1S/C18H28N2O/c1-5-13-6-8-14(9-7-13)12-20(15-10-11-15)17(21)16(19)18(2,3)4/h6-9,15-16H,5,10-12,19H2,1-4H3/t16-/m1/s1. The molecule has 0 spiro atoms. The van der Waals surface area contributed by atoms with Gasteiger partial charge in [0, 0.05) is 12.6 Å². The molecule has 1 aromatic rings. The second-order valence-corrected chi connectivity index (χ2v) is 7.21. The monoisotopic (exact) mass is 288 g/mol. The summed E-state index contributed by atoms with van der Waals surface area (Å²) in [6, 6.07) is 8.50. The predicted molar refractivity (Wildman–Crippen MR) is 86.8 cm³/mol. The van der Waals surface area contributed by atoms with E-state index in [1.807, 2.05) is 25.7 Å². The largest absolute Gasteiger partial charge is 0.334 e. The number of rotatable bonds is 5. The molecule has 1 amide bonds. The molecular formula is C18H28N2O. The van der Waals surface area contributed by atoms with Crippen LogP contribution in [0.2, 0.25) is 0 Å². The van der Waals surface area contributed by atoms with Gasteiger partial charge in [0.05, 0.1) is 6.04 Å². The molecule has 1 fully saturated rings. The zero-order chi connectivity index (χ0) is 15.6. The summed E-state index contributed by atoms with van der Waals surface area (Å²) in [5, 5.41) is 0. The molecule has 1 saturated carbocycles. The number of hydrogen-bond acceptors (Lipinski definition) is 2. The van der Waals surface area contributed by atoms with E-state index >= 15 is 0 Å². The van der Waals surface area contributed by atoms with E-state index in [0.717, 1.165) is 19.3 Å².